The zero-order valence-electron chi connectivity index (χ0n) is 12.3. The number of esters is 1. The molecule has 0 radical (unpaired) electrons. The van der Waals surface area contributed by atoms with Crippen molar-refractivity contribution in [2.24, 2.45) is 0 Å². The first-order valence-electron chi connectivity index (χ1n) is 7.09. The Kier molecular flexibility index (Phi) is 5.37. The van der Waals surface area contributed by atoms with E-state index < -0.39 is 0 Å². The molecule has 0 aliphatic carbocycles. The fraction of sp³-hybridized carbons (Fsp3) is 0.714. The van der Waals surface area contributed by atoms with Crippen LogP contribution in [0.1, 0.15) is 32.9 Å². The number of morpholine rings is 1. The molecule has 1 fully saturated rings. The number of carbonyl (C=O) groups excluding carboxylic acids is 1. The molecule has 1 aromatic rings. The van der Waals surface area contributed by atoms with E-state index in [1.54, 1.807) is 11.3 Å². The van der Waals surface area contributed by atoms with Crippen molar-refractivity contribution in [1.29, 1.82) is 0 Å². The summed E-state index contributed by atoms with van der Waals surface area (Å²) in [5, 5.41) is 3.05. The van der Waals surface area contributed by atoms with Crippen LogP contribution in [0.2, 0.25) is 0 Å². The van der Waals surface area contributed by atoms with Crippen molar-refractivity contribution in [3.05, 3.63) is 11.1 Å². The molecule has 0 unspecified atom stereocenters. The van der Waals surface area contributed by atoms with Crippen molar-refractivity contribution in [3.8, 4) is 0 Å². The Bertz CT molecular complexity index is 439. The summed E-state index contributed by atoms with van der Waals surface area (Å²) < 4.78 is 10.6. The van der Waals surface area contributed by atoms with Crippen molar-refractivity contribution in [2.45, 2.75) is 45.8 Å². The lowest BCUT2D eigenvalue weighted by Crippen LogP contribution is -2.45. The van der Waals surface area contributed by atoms with Gasteiger partial charge in [-0.15, -0.1) is 11.3 Å². The van der Waals surface area contributed by atoms with Crippen LogP contribution in [-0.4, -0.2) is 42.9 Å². The summed E-state index contributed by atoms with van der Waals surface area (Å²) in [5.41, 5.74) is 0.963. The molecular formula is C14H22N2O3S. The van der Waals surface area contributed by atoms with Gasteiger partial charge < -0.3 is 14.4 Å². The third-order valence-electron chi connectivity index (χ3n) is 3.12. The third-order valence-corrected chi connectivity index (χ3v) is 4.07. The molecule has 0 aromatic carbocycles. The molecule has 0 saturated carbocycles. The number of thiazole rings is 1. The number of hydrogen-bond donors (Lipinski definition) is 0. The van der Waals surface area contributed by atoms with Gasteiger partial charge in [-0.05, 0) is 20.8 Å². The molecule has 2 heterocycles. The van der Waals surface area contributed by atoms with Crippen molar-refractivity contribution in [3.63, 3.8) is 0 Å². The van der Waals surface area contributed by atoms with Crippen molar-refractivity contribution in [1.82, 2.24) is 4.98 Å². The minimum Gasteiger partial charge on any atom is -0.466 e. The SMILES string of the molecule is CCOC(=O)CCc1csc(N2C[C@@H](C)O[C@@H](C)C2)n1. The number of ether oxygens (including phenoxy) is 2. The Morgan fingerprint density at radius 1 is 1.50 bits per heavy atom. The van der Waals surface area contributed by atoms with Gasteiger partial charge in [0.2, 0.25) is 0 Å². The Labute approximate surface area is 123 Å². The minimum absolute atomic E-state index is 0.157. The van der Waals surface area contributed by atoms with E-state index >= 15 is 0 Å². The van der Waals surface area contributed by atoms with Gasteiger partial charge in [0.15, 0.2) is 5.13 Å². The molecule has 0 spiro atoms. The average Bonchev–Trinajstić information content (AvgIpc) is 2.84. The van der Waals surface area contributed by atoms with Gasteiger partial charge in [0.05, 0.1) is 30.9 Å². The third kappa shape index (κ3) is 4.18. The Balaban J connectivity index is 1.90. The van der Waals surface area contributed by atoms with Crippen LogP contribution < -0.4 is 4.90 Å². The summed E-state index contributed by atoms with van der Waals surface area (Å²) in [5.74, 6) is -0.157. The van der Waals surface area contributed by atoms with E-state index in [4.69, 9.17) is 9.47 Å². The molecule has 1 aliphatic heterocycles. The van der Waals surface area contributed by atoms with Gasteiger partial charge in [-0.3, -0.25) is 4.79 Å². The van der Waals surface area contributed by atoms with Crippen LogP contribution in [0.5, 0.6) is 0 Å². The molecule has 0 amide bonds. The molecule has 1 saturated heterocycles. The van der Waals surface area contributed by atoms with Crippen molar-refractivity contribution < 1.29 is 14.3 Å². The van der Waals surface area contributed by atoms with Crippen molar-refractivity contribution >= 4 is 22.4 Å². The van der Waals surface area contributed by atoms with Gasteiger partial charge in [0, 0.05) is 24.9 Å². The number of aromatic nitrogens is 1. The Morgan fingerprint density at radius 3 is 2.85 bits per heavy atom. The van der Waals surface area contributed by atoms with E-state index in [1.807, 2.05) is 12.3 Å². The number of anilines is 1. The van der Waals surface area contributed by atoms with Crippen LogP contribution in [0.3, 0.4) is 0 Å². The first kappa shape index (κ1) is 15.3. The van der Waals surface area contributed by atoms with Crippen LogP contribution in [0.25, 0.3) is 0 Å². The summed E-state index contributed by atoms with van der Waals surface area (Å²) in [6.45, 7) is 8.16. The van der Waals surface area contributed by atoms with Gasteiger partial charge in [0.25, 0.3) is 0 Å². The largest absolute Gasteiger partial charge is 0.466 e. The maximum Gasteiger partial charge on any atom is 0.306 e. The van der Waals surface area contributed by atoms with Gasteiger partial charge in [-0.25, -0.2) is 4.98 Å². The monoisotopic (exact) mass is 298 g/mol. The van der Waals surface area contributed by atoms with Gasteiger partial charge in [-0.2, -0.15) is 0 Å². The standard InChI is InChI=1S/C14H22N2O3S/c1-4-18-13(17)6-5-12-9-20-14(15-12)16-7-10(2)19-11(3)8-16/h9-11H,4-8H2,1-3H3/t10-,11+. The number of hydrogen-bond acceptors (Lipinski definition) is 6. The van der Waals surface area contributed by atoms with Crippen LogP contribution in [0, 0.1) is 0 Å². The minimum atomic E-state index is -0.157. The van der Waals surface area contributed by atoms with Gasteiger partial charge >= 0.3 is 5.97 Å². The molecular weight excluding hydrogens is 276 g/mol. The number of nitrogens with zero attached hydrogens (tertiary/aromatic N) is 2. The second-order valence-electron chi connectivity index (χ2n) is 5.09. The summed E-state index contributed by atoms with van der Waals surface area (Å²) >= 11 is 1.63. The molecule has 2 rings (SSSR count). The second-order valence-corrected chi connectivity index (χ2v) is 5.93. The highest BCUT2D eigenvalue weighted by Crippen LogP contribution is 2.24. The molecule has 112 valence electrons. The van der Waals surface area contributed by atoms with Gasteiger partial charge in [0.1, 0.15) is 0 Å². The fourth-order valence-corrected chi connectivity index (χ4v) is 3.23. The summed E-state index contributed by atoms with van der Waals surface area (Å²) in [7, 11) is 0. The van der Waals surface area contributed by atoms with E-state index in [0.717, 1.165) is 23.9 Å². The van der Waals surface area contributed by atoms with E-state index in [1.165, 1.54) is 0 Å². The molecule has 0 N–H and O–H groups in total. The lowest BCUT2D eigenvalue weighted by molar-refractivity contribution is -0.143. The smallest absolute Gasteiger partial charge is 0.306 e. The summed E-state index contributed by atoms with van der Waals surface area (Å²) in [6.07, 6.45) is 1.49. The highest BCUT2D eigenvalue weighted by Gasteiger charge is 2.24. The van der Waals surface area contributed by atoms with E-state index in [0.29, 0.717) is 19.4 Å². The number of aryl methyl sites for hydroxylation is 1. The van der Waals surface area contributed by atoms with Gasteiger partial charge in [-0.1, -0.05) is 0 Å². The highest BCUT2D eigenvalue weighted by molar-refractivity contribution is 7.13. The summed E-state index contributed by atoms with van der Waals surface area (Å²) in [6, 6.07) is 0. The molecule has 20 heavy (non-hydrogen) atoms. The number of rotatable bonds is 5. The Hall–Kier alpha value is -1.14. The maximum absolute atomic E-state index is 11.3. The zero-order valence-corrected chi connectivity index (χ0v) is 13.1. The molecule has 2 atom stereocenters. The van der Waals surface area contributed by atoms with Crippen molar-refractivity contribution in [2.75, 3.05) is 24.6 Å². The fourth-order valence-electron chi connectivity index (χ4n) is 2.35. The van der Waals surface area contributed by atoms with Crippen LogP contribution in [0.4, 0.5) is 5.13 Å². The first-order chi connectivity index (χ1) is 9.58. The molecule has 0 bridgehead atoms. The highest BCUT2D eigenvalue weighted by atomic mass is 32.1. The first-order valence-corrected chi connectivity index (χ1v) is 7.97. The van der Waals surface area contributed by atoms with E-state index in [-0.39, 0.29) is 18.2 Å². The number of carbonyl (C=O) groups is 1. The normalized spacial score (nSPS) is 22.9. The molecule has 6 heteroatoms. The molecule has 1 aliphatic rings. The van der Waals surface area contributed by atoms with Crippen LogP contribution >= 0.6 is 11.3 Å². The zero-order chi connectivity index (χ0) is 14.5. The van der Waals surface area contributed by atoms with E-state index in [2.05, 4.69) is 23.7 Å². The average molecular weight is 298 g/mol. The maximum atomic E-state index is 11.3. The quantitative estimate of drug-likeness (QED) is 0.780. The van der Waals surface area contributed by atoms with E-state index in [9.17, 15) is 4.79 Å². The Morgan fingerprint density at radius 2 is 2.20 bits per heavy atom. The topological polar surface area (TPSA) is 51.7 Å². The van der Waals surface area contributed by atoms with Crippen LogP contribution in [0.15, 0.2) is 5.38 Å². The predicted octanol–water partition coefficient (Wildman–Crippen LogP) is 2.25. The predicted molar refractivity (Wildman–Crippen MR) is 79.3 cm³/mol. The summed E-state index contributed by atoms with van der Waals surface area (Å²) in [4.78, 5) is 18.2. The molecule has 5 nitrogen and oxygen atoms in total. The van der Waals surface area contributed by atoms with Crippen LogP contribution in [-0.2, 0) is 20.7 Å². The lowest BCUT2D eigenvalue weighted by atomic mass is 10.2. The molecule has 1 aromatic heterocycles. The lowest BCUT2D eigenvalue weighted by Gasteiger charge is -2.35. The second kappa shape index (κ2) is 7.04.